The number of hydrogen-bond acceptors (Lipinski definition) is 6. The highest BCUT2D eigenvalue weighted by Gasteiger charge is 2.26. The van der Waals surface area contributed by atoms with Crippen LogP contribution in [0.3, 0.4) is 0 Å². The van der Waals surface area contributed by atoms with Gasteiger partial charge in [-0.05, 0) is 71.6 Å². The first kappa shape index (κ1) is 29.3. The molecule has 0 radical (unpaired) electrons. The van der Waals surface area contributed by atoms with Crippen molar-refractivity contribution in [1.29, 1.82) is 0 Å². The average Bonchev–Trinajstić information content (AvgIpc) is 3.60. The summed E-state index contributed by atoms with van der Waals surface area (Å²) in [6.45, 7) is 0. The molecule has 7 nitrogen and oxygen atoms in total. The molecular formula is C33H26F2N2O5S2. The summed E-state index contributed by atoms with van der Waals surface area (Å²) in [7, 11) is 0.768. The lowest BCUT2D eigenvalue weighted by Crippen LogP contribution is -2.25. The maximum Gasteiger partial charge on any atom is 0.255 e. The van der Waals surface area contributed by atoms with Gasteiger partial charge in [0.1, 0.15) is 28.7 Å². The zero-order valence-electron chi connectivity index (χ0n) is 24.1. The first-order valence-corrected chi connectivity index (χ1v) is 16.1. The van der Waals surface area contributed by atoms with Crippen LogP contribution in [0.4, 0.5) is 14.5 Å². The molecule has 224 valence electrons. The van der Waals surface area contributed by atoms with E-state index in [1.54, 1.807) is 37.4 Å². The summed E-state index contributed by atoms with van der Waals surface area (Å²) in [6, 6.07) is 20.9. The number of hydrogen-bond donors (Lipinski definition) is 1. The van der Waals surface area contributed by atoms with Crippen LogP contribution in [0.25, 0.3) is 53.9 Å². The van der Waals surface area contributed by atoms with Gasteiger partial charge in [0.05, 0.1) is 24.6 Å². The summed E-state index contributed by atoms with van der Waals surface area (Å²) in [5.41, 5.74) is 3.18. The molecule has 0 aliphatic rings. The minimum absolute atomic E-state index is 0.220. The molecule has 0 unspecified atom stereocenters. The minimum atomic E-state index is -3.72. The molecule has 2 heterocycles. The summed E-state index contributed by atoms with van der Waals surface area (Å²) >= 11 is 1.41. The molecule has 2 aromatic heterocycles. The first-order valence-electron chi connectivity index (χ1n) is 13.4. The number of halogens is 2. The van der Waals surface area contributed by atoms with E-state index in [-0.39, 0.29) is 22.7 Å². The van der Waals surface area contributed by atoms with Gasteiger partial charge >= 0.3 is 0 Å². The molecule has 0 saturated heterocycles. The van der Waals surface area contributed by atoms with Crippen molar-refractivity contribution in [3.05, 3.63) is 96.1 Å². The van der Waals surface area contributed by atoms with Gasteiger partial charge in [-0.3, -0.25) is 9.10 Å². The minimum Gasteiger partial charge on any atom is -0.496 e. The molecule has 0 aliphatic carbocycles. The lowest BCUT2D eigenvalue weighted by atomic mass is 9.96. The van der Waals surface area contributed by atoms with Gasteiger partial charge < -0.3 is 14.5 Å². The molecule has 0 spiro atoms. The molecule has 0 fully saturated rings. The molecule has 0 bridgehead atoms. The number of sulfonamides is 1. The summed E-state index contributed by atoms with van der Waals surface area (Å²) < 4.78 is 67.0. The van der Waals surface area contributed by atoms with E-state index in [1.165, 1.54) is 61.8 Å². The van der Waals surface area contributed by atoms with Crippen molar-refractivity contribution in [2.75, 3.05) is 31.8 Å². The fourth-order valence-corrected chi connectivity index (χ4v) is 6.78. The number of methoxy groups -OCH3 is 1. The fourth-order valence-electron chi connectivity index (χ4n) is 5.16. The predicted molar refractivity (Wildman–Crippen MR) is 171 cm³/mol. The van der Waals surface area contributed by atoms with E-state index in [4.69, 9.17) is 9.15 Å². The van der Waals surface area contributed by atoms with Gasteiger partial charge in [0.2, 0.25) is 10.0 Å². The number of anilines is 1. The van der Waals surface area contributed by atoms with Gasteiger partial charge in [0.15, 0.2) is 0 Å². The van der Waals surface area contributed by atoms with E-state index < -0.39 is 21.7 Å². The predicted octanol–water partition coefficient (Wildman–Crippen LogP) is 7.69. The molecule has 11 heteroatoms. The Morgan fingerprint density at radius 2 is 1.61 bits per heavy atom. The van der Waals surface area contributed by atoms with Gasteiger partial charge in [-0.2, -0.15) is 0 Å². The Bertz CT molecular complexity index is 2190. The number of nitrogens with one attached hydrogen (secondary N) is 1. The quantitative estimate of drug-likeness (QED) is 0.195. The van der Waals surface area contributed by atoms with Crippen molar-refractivity contribution in [3.63, 3.8) is 0 Å². The summed E-state index contributed by atoms with van der Waals surface area (Å²) in [6.07, 6.45) is 1.10. The standard InChI is InChI=1S/C33H26F2N2O5S2/c1-36-33(38)31-25-16-23(19-8-12-27(41-3)24(13-19)30-14-20-7-11-22(35)15-29(20)43-30)26(37(2)44(4,39)40)17-28(25)42-32(31)18-5-9-21(34)10-6-18/h5-17H,1-4H3,(H,36,38). The highest BCUT2D eigenvalue weighted by Crippen LogP contribution is 2.45. The van der Waals surface area contributed by atoms with Crippen LogP contribution in [0.2, 0.25) is 0 Å². The third-order valence-electron chi connectivity index (χ3n) is 7.46. The maximum atomic E-state index is 13.9. The van der Waals surface area contributed by atoms with Crippen molar-refractivity contribution in [3.8, 4) is 38.6 Å². The number of ether oxygens (including phenoxy) is 1. The summed E-state index contributed by atoms with van der Waals surface area (Å²) in [5.74, 6) is -0.401. The largest absolute Gasteiger partial charge is 0.496 e. The Hall–Kier alpha value is -4.74. The fraction of sp³-hybridized carbons (Fsp3) is 0.121. The van der Waals surface area contributed by atoms with Crippen LogP contribution >= 0.6 is 11.3 Å². The van der Waals surface area contributed by atoms with Gasteiger partial charge in [-0.15, -0.1) is 11.3 Å². The van der Waals surface area contributed by atoms with Crippen LogP contribution in [-0.4, -0.2) is 41.8 Å². The van der Waals surface area contributed by atoms with E-state index in [1.807, 2.05) is 12.1 Å². The van der Waals surface area contributed by atoms with Crippen molar-refractivity contribution >= 4 is 54.0 Å². The van der Waals surface area contributed by atoms with E-state index >= 15 is 0 Å². The number of fused-ring (bicyclic) bond motifs is 2. The van der Waals surface area contributed by atoms with E-state index in [0.29, 0.717) is 33.5 Å². The van der Waals surface area contributed by atoms with E-state index in [2.05, 4.69) is 5.32 Å². The highest BCUT2D eigenvalue weighted by atomic mass is 32.2. The van der Waals surface area contributed by atoms with Gasteiger partial charge in [0, 0.05) is 51.8 Å². The molecule has 0 saturated carbocycles. The SMILES string of the molecule is CNC(=O)c1c(-c2ccc(F)cc2)oc2cc(N(C)S(C)(=O)=O)c(-c3ccc(OC)c(-c4cc5ccc(F)cc5s4)c3)cc12. The zero-order chi connectivity index (χ0) is 31.3. The average molecular weight is 633 g/mol. The first-order chi connectivity index (χ1) is 21.0. The Morgan fingerprint density at radius 3 is 2.30 bits per heavy atom. The summed E-state index contributed by atoms with van der Waals surface area (Å²) in [4.78, 5) is 14.0. The monoisotopic (exact) mass is 632 g/mol. The van der Waals surface area contributed by atoms with Crippen molar-refractivity contribution < 1.29 is 31.1 Å². The number of rotatable bonds is 7. The summed E-state index contributed by atoms with van der Waals surface area (Å²) in [5, 5.41) is 3.96. The Kier molecular flexibility index (Phi) is 7.38. The van der Waals surface area contributed by atoms with Crippen LogP contribution in [0.15, 0.2) is 83.3 Å². The van der Waals surface area contributed by atoms with Crippen LogP contribution in [0, 0.1) is 11.6 Å². The molecule has 6 rings (SSSR count). The van der Waals surface area contributed by atoms with Gasteiger partial charge in [-0.1, -0.05) is 12.1 Å². The Labute approximate surface area is 256 Å². The molecule has 1 N–H and O–H groups in total. The van der Waals surface area contributed by atoms with Crippen LogP contribution in [0.1, 0.15) is 10.4 Å². The Balaban J connectivity index is 1.63. The van der Waals surface area contributed by atoms with Crippen LogP contribution < -0.4 is 14.4 Å². The molecular weight excluding hydrogens is 607 g/mol. The lowest BCUT2D eigenvalue weighted by molar-refractivity contribution is 0.0964. The second-order valence-electron chi connectivity index (χ2n) is 10.2. The number of thiophene rings is 1. The van der Waals surface area contributed by atoms with E-state index in [9.17, 15) is 22.0 Å². The molecule has 6 aromatic rings. The van der Waals surface area contributed by atoms with Crippen molar-refractivity contribution in [1.82, 2.24) is 5.32 Å². The second-order valence-corrected chi connectivity index (χ2v) is 13.3. The Morgan fingerprint density at radius 1 is 0.909 bits per heavy atom. The number of amides is 1. The topological polar surface area (TPSA) is 88.9 Å². The highest BCUT2D eigenvalue weighted by molar-refractivity contribution is 7.92. The van der Waals surface area contributed by atoms with Crippen molar-refractivity contribution in [2.24, 2.45) is 0 Å². The number of nitrogens with zero attached hydrogens (tertiary/aromatic N) is 1. The smallest absolute Gasteiger partial charge is 0.255 e. The number of carbonyl (C=O) groups excluding carboxylic acids is 1. The maximum absolute atomic E-state index is 13.9. The van der Waals surface area contributed by atoms with Gasteiger partial charge in [-0.25, -0.2) is 17.2 Å². The normalized spacial score (nSPS) is 11.7. The number of furan rings is 1. The van der Waals surface area contributed by atoms with E-state index in [0.717, 1.165) is 31.1 Å². The van der Waals surface area contributed by atoms with Gasteiger partial charge in [0.25, 0.3) is 5.91 Å². The molecule has 0 aliphatic heterocycles. The number of benzene rings is 4. The molecule has 44 heavy (non-hydrogen) atoms. The van der Waals surface area contributed by atoms with Crippen molar-refractivity contribution in [2.45, 2.75) is 0 Å². The zero-order valence-corrected chi connectivity index (χ0v) is 25.7. The lowest BCUT2D eigenvalue weighted by Gasteiger charge is -2.21. The third-order valence-corrected chi connectivity index (χ3v) is 9.78. The number of carbonyl (C=O) groups is 1. The molecule has 4 aromatic carbocycles. The van der Waals surface area contributed by atoms with Crippen LogP contribution in [0.5, 0.6) is 5.75 Å². The molecule has 1 amide bonds. The van der Waals surface area contributed by atoms with Crippen LogP contribution in [-0.2, 0) is 10.0 Å². The third kappa shape index (κ3) is 5.18. The second kappa shape index (κ2) is 11.1. The molecule has 0 atom stereocenters.